The molecule has 3 N–H and O–H groups in total. The molecular weight excluding hydrogens is 250 g/mol. The van der Waals surface area contributed by atoms with E-state index in [1.165, 1.54) is 19.2 Å². The molecule has 2 aromatic rings. The minimum atomic E-state index is -0.454. The first-order valence-corrected chi connectivity index (χ1v) is 5.37. The van der Waals surface area contributed by atoms with E-state index in [9.17, 15) is 14.4 Å². The number of aromatic amines is 2. The van der Waals surface area contributed by atoms with Crippen molar-refractivity contribution in [2.45, 2.75) is 0 Å². The van der Waals surface area contributed by atoms with E-state index in [2.05, 4.69) is 20.3 Å². The molecule has 0 unspecified atom stereocenters. The molecule has 0 saturated carbocycles. The van der Waals surface area contributed by atoms with Crippen molar-refractivity contribution in [3.8, 4) is 0 Å². The fourth-order valence-corrected chi connectivity index (χ4v) is 1.46. The largest absolute Gasteiger partial charge is 0.465 e. The van der Waals surface area contributed by atoms with E-state index in [1.54, 1.807) is 12.1 Å². The number of esters is 1. The molecule has 1 amide bonds. The second-order valence-electron chi connectivity index (χ2n) is 3.70. The number of hydrogen-bond donors (Lipinski definition) is 3. The Morgan fingerprint density at radius 1 is 1.16 bits per heavy atom. The third-order valence-electron chi connectivity index (χ3n) is 2.40. The van der Waals surface area contributed by atoms with Crippen LogP contribution in [0.15, 0.2) is 35.1 Å². The van der Waals surface area contributed by atoms with Gasteiger partial charge in [-0.1, -0.05) is 0 Å². The van der Waals surface area contributed by atoms with Gasteiger partial charge in [-0.2, -0.15) is 0 Å². The van der Waals surface area contributed by atoms with Crippen molar-refractivity contribution >= 4 is 17.6 Å². The van der Waals surface area contributed by atoms with Crippen LogP contribution in [0.5, 0.6) is 0 Å². The van der Waals surface area contributed by atoms with Crippen LogP contribution in [-0.2, 0) is 4.74 Å². The molecule has 7 heteroatoms. The van der Waals surface area contributed by atoms with Crippen LogP contribution in [0.3, 0.4) is 0 Å². The third kappa shape index (κ3) is 2.89. The Bertz CT molecular complexity index is 654. The Morgan fingerprint density at radius 2 is 1.84 bits per heavy atom. The Morgan fingerprint density at radius 3 is 2.37 bits per heavy atom. The van der Waals surface area contributed by atoms with Crippen LogP contribution < -0.4 is 10.9 Å². The van der Waals surface area contributed by atoms with Crippen molar-refractivity contribution in [2.24, 2.45) is 0 Å². The zero-order chi connectivity index (χ0) is 13.8. The van der Waals surface area contributed by atoms with Crippen LogP contribution in [0.1, 0.15) is 20.8 Å². The number of hydrogen-bond acceptors (Lipinski definition) is 4. The predicted octanol–water partition coefficient (Wildman–Crippen LogP) is 0.742. The first kappa shape index (κ1) is 12.6. The molecule has 1 aromatic heterocycles. The van der Waals surface area contributed by atoms with Crippen LogP contribution in [0.25, 0.3) is 0 Å². The minimum absolute atomic E-state index is 0.127. The molecule has 0 aliphatic carbocycles. The van der Waals surface area contributed by atoms with E-state index in [-0.39, 0.29) is 11.3 Å². The lowest BCUT2D eigenvalue weighted by atomic mass is 10.2. The number of benzene rings is 1. The van der Waals surface area contributed by atoms with Gasteiger partial charge in [-0.05, 0) is 24.3 Å². The molecule has 1 heterocycles. The van der Waals surface area contributed by atoms with Gasteiger partial charge in [0.1, 0.15) is 5.69 Å². The van der Waals surface area contributed by atoms with Crippen molar-refractivity contribution in [2.75, 3.05) is 12.4 Å². The summed E-state index contributed by atoms with van der Waals surface area (Å²) in [5, 5.41) is 7.28. The second kappa shape index (κ2) is 5.21. The standard InChI is InChI=1S/C12H11N3O4/c1-19-12(18)7-2-4-8(5-3-7)13-11(17)9-6-10(16)15-14-9/h2-6H,1H3,(H,13,17)(H2,14,15,16). The molecule has 0 fully saturated rings. The van der Waals surface area contributed by atoms with Crippen LogP contribution in [-0.4, -0.2) is 29.2 Å². The lowest BCUT2D eigenvalue weighted by Gasteiger charge is -2.04. The average molecular weight is 261 g/mol. The summed E-state index contributed by atoms with van der Waals surface area (Å²) in [7, 11) is 1.29. The SMILES string of the molecule is COC(=O)c1ccc(NC(=O)c2cc(=O)[nH][nH]2)cc1. The van der Waals surface area contributed by atoms with Gasteiger partial charge >= 0.3 is 5.97 Å². The van der Waals surface area contributed by atoms with Crippen LogP contribution in [0.2, 0.25) is 0 Å². The summed E-state index contributed by atoms with van der Waals surface area (Å²) >= 11 is 0. The van der Waals surface area contributed by atoms with Gasteiger partial charge in [-0.3, -0.25) is 19.8 Å². The van der Waals surface area contributed by atoms with Crippen LogP contribution in [0, 0.1) is 0 Å². The molecule has 0 atom stereocenters. The smallest absolute Gasteiger partial charge is 0.337 e. The summed E-state index contributed by atoms with van der Waals surface area (Å²) in [6, 6.07) is 7.34. The summed E-state index contributed by atoms with van der Waals surface area (Å²) in [4.78, 5) is 33.8. The molecule has 0 bridgehead atoms. The van der Waals surface area contributed by atoms with Crippen LogP contribution >= 0.6 is 0 Å². The van der Waals surface area contributed by atoms with Gasteiger partial charge in [0.05, 0.1) is 12.7 Å². The number of aromatic nitrogens is 2. The molecule has 0 aliphatic rings. The highest BCUT2D eigenvalue weighted by Crippen LogP contribution is 2.11. The lowest BCUT2D eigenvalue weighted by Crippen LogP contribution is -2.12. The Labute approximate surface area is 107 Å². The van der Waals surface area contributed by atoms with Crippen LogP contribution in [0.4, 0.5) is 5.69 Å². The third-order valence-corrected chi connectivity index (χ3v) is 2.40. The minimum Gasteiger partial charge on any atom is -0.465 e. The molecular formula is C12H11N3O4. The molecule has 0 aliphatic heterocycles. The monoisotopic (exact) mass is 261 g/mol. The molecule has 19 heavy (non-hydrogen) atoms. The first-order chi connectivity index (χ1) is 9.10. The summed E-state index contributed by atoms with van der Waals surface area (Å²) < 4.78 is 4.56. The second-order valence-corrected chi connectivity index (χ2v) is 3.70. The molecule has 0 radical (unpaired) electrons. The maximum atomic E-state index is 11.7. The zero-order valence-electron chi connectivity index (χ0n) is 10.0. The number of anilines is 1. The van der Waals surface area contributed by atoms with Gasteiger partial charge in [-0.25, -0.2) is 4.79 Å². The highest BCUT2D eigenvalue weighted by Gasteiger charge is 2.09. The highest BCUT2D eigenvalue weighted by atomic mass is 16.5. The van der Waals surface area contributed by atoms with Gasteiger partial charge in [0.15, 0.2) is 0 Å². The molecule has 0 saturated heterocycles. The number of nitrogens with one attached hydrogen (secondary N) is 3. The average Bonchev–Trinajstić information content (AvgIpc) is 2.85. The predicted molar refractivity (Wildman–Crippen MR) is 67.1 cm³/mol. The van der Waals surface area contributed by atoms with E-state index in [0.29, 0.717) is 11.3 Å². The molecule has 98 valence electrons. The van der Waals surface area contributed by atoms with Gasteiger partial charge in [-0.15, -0.1) is 0 Å². The van der Waals surface area contributed by atoms with Gasteiger partial charge in [0.2, 0.25) is 0 Å². The number of methoxy groups -OCH3 is 1. The van der Waals surface area contributed by atoms with E-state index in [0.717, 1.165) is 6.07 Å². The fraction of sp³-hybridized carbons (Fsp3) is 0.0833. The van der Waals surface area contributed by atoms with Crippen molar-refractivity contribution in [3.63, 3.8) is 0 Å². The highest BCUT2D eigenvalue weighted by molar-refractivity contribution is 6.03. The van der Waals surface area contributed by atoms with Crippen molar-refractivity contribution < 1.29 is 14.3 Å². The van der Waals surface area contributed by atoms with E-state index in [4.69, 9.17) is 0 Å². The summed E-state index contributed by atoms with van der Waals surface area (Å²) in [5.41, 5.74) is 0.628. The van der Waals surface area contributed by atoms with E-state index >= 15 is 0 Å². The lowest BCUT2D eigenvalue weighted by molar-refractivity contribution is 0.0600. The topological polar surface area (TPSA) is 104 Å². The van der Waals surface area contributed by atoms with E-state index in [1.807, 2.05) is 0 Å². The summed E-state index contributed by atoms with van der Waals surface area (Å²) in [6.45, 7) is 0. The number of amides is 1. The van der Waals surface area contributed by atoms with E-state index < -0.39 is 11.9 Å². The first-order valence-electron chi connectivity index (χ1n) is 5.37. The Hall–Kier alpha value is -2.83. The molecule has 2 rings (SSSR count). The number of ether oxygens (including phenoxy) is 1. The maximum Gasteiger partial charge on any atom is 0.337 e. The van der Waals surface area contributed by atoms with Gasteiger partial charge in [0.25, 0.3) is 11.5 Å². The number of H-pyrrole nitrogens is 2. The number of rotatable bonds is 3. The normalized spacial score (nSPS) is 9.95. The Balaban J connectivity index is 2.09. The maximum absolute atomic E-state index is 11.7. The number of carbonyl (C=O) groups excluding carboxylic acids is 2. The fourth-order valence-electron chi connectivity index (χ4n) is 1.46. The summed E-state index contributed by atoms with van der Waals surface area (Å²) in [5.74, 6) is -0.906. The van der Waals surface area contributed by atoms with Crippen molar-refractivity contribution in [1.82, 2.24) is 10.2 Å². The molecule has 0 spiro atoms. The van der Waals surface area contributed by atoms with Gasteiger partial charge < -0.3 is 10.1 Å². The molecule has 1 aromatic carbocycles. The van der Waals surface area contributed by atoms with Crippen molar-refractivity contribution in [1.29, 1.82) is 0 Å². The Kier molecular flexibility index (Phi) is 3.46. The molecule has 7 nitrogen and oxygen atoms in total. The quantitative estimate of drug-likeness (QED) is 0.709. The summed E-state index contributed by atoms with van der Waals surface area (Å²) in [6.07, 6.45) is 0. The van der Waals surface area contributed by atoms with Gasteiger partial charge in [0, 0.05) is 11.8 Å². The van der Waals surface area contributed by atoms with Crippen molar-refractivity contribution in [3.05, 3.63) is 51.9 Å². The zero-order valence-corrected chi connectivity index (χ0v) is 10.0. The number of carbonyl (C=O) groups is 2.